The standard InChI is InChI=1S/C20H21Cl2FN2O/c1-25(12-13-3-2-4-15(21)7-13)19-6-5-18(11-19)24-20(26)14-8-16(22)10-17(23)9-14/h2-4,7-10,18-19H,5-6,11-12H2,1H3,(H,24,26)/t18-,19-/m1/s1. The van der Waals surface area contributed by atoms with Crippen LogP contribution in [-0.4, -0.2) is 29.9 Å². The van der Waals surface area contributed by atoms with Crippen LogP contribution in [-0.2, 0) is 6.54 Å². The second-order valence-corrected chi connectivity index (χ2v) is 7.71. The molecule has 0 saturated heterocycles. The maximum Gasteiger partial charge on any atom is 0.251 e. The molecule has 1 amide bonds. The van der Waals surface area contributed by atoms with Gasteiger partial charge >= 0.3 is 0 Å². The van der Waals surface area contributed by atoms with Crippen molar-refractivity contribution in [1.29, 1.82) is 0 Å². The summed E-state index contributed by atoms with van der Waals surface area (Å²) in [6, 6.07) is 12.2. The van der Waals surface area contributed by atoms with E-state index in [0.29, 0.717) is 6.04 Å². The van der Waals surface area contributed by atoms with Crippen molar-refractivity contribution in [3.63, 3.8) is 0 Å². The van der Waals surface area contributed by atoms with Crippen molar-refractivity contribution < 1.29 is 9.18 Å². The Morgan fingerprint density at radius 1 is 1.19 bits per heavy atom. The Bertz CT molecular complexity index is 779. The Balaban J connectivity index is 1.55. The molecule has 2 aromatic rings. The molecule has 138 valence electrons. The lowest BCUT2D eigenvalue weighted by Crippen LogP contribution is -2.35. The van der Waals surface area contributed by atoms with Crippen LogP contribution < -0.4 is 5.32 Å². The summed E-state index contributed by atoms with van der Waals surface area (Å²) in [5.41, 5.74) is 1.42. The van der Waals surface area contributed by atoms with Gasteiger partial charge in [-0.25, -0.2) is 4.39 Å². The zero-order valence-electron chi connectivity index (χ0n) is 14.5. The Hall–Kier alpha value is -1.62. The molecule has 0 aromatic heterocycles. The fraction of sp³-hybridized carbons (Fsp3) is 0.350. The first-order chi connectivity index (χ1) is 12.4. The van der Waals surface area contributed by atoms with Gasteiger partial charge in [0, 0.05) is 34.2 Å². The average molecular weight is 395 g/mol. The van der Waals surface area contributed by atoms with E-state index in [-0.39, 0.29) is 22.5 Å². The molecule has 1 fully saturated rings. The molecule has 26 heavy (non-hydrogen) atoms. The second kappa shape index (κ2) is 8.38. The number of nitrogens with one attached hydrogen (secondary N) is 1. The number of rotatable bonds is 5. The number of nitrogens with zero attached hydrogens (tertiary/aromatic N) is 1. The Kier molecular flexibility index (Phi) is 6.17. The molecule has 3 rings (SSSR count). The van der Waals surface area contributed by atoms with E-state index < -0.39 is 5.82 Å². The van der Waals surface area contributed by atoms with Crippen LogP contribution in [0.25, 0.3) is 0 Å². The highest BCUT2D eigenvalue weighted by Gasteiger charge is 2.29. The third-order valence-corrected chi connectivity index (χ3v) is 5.26. The summed E-state index contributed by atoms with van der Waals surface area (Å²) in [7, 11) is 2.09. The molecule has 0 aliphatic heterocycles. The molecule has 1 aliphatic rings. The van der Waals surface area contributed by atoms with Crippen molar-refractivity contribution in [3.05, 3.63) is 69.5 Å². The predicted molar refractivity (Wildman–Crippen MR) is 103 cm³/mol. The van der Waals surface area contributed by atoms with Gasteiger partial charge in [0.1, 0.15) is 5.82 Å². The number of halogens is 3. The molecule has 1 aliphatic carbocycles. The van der Waals surface area contributed by atoms with Crippen molar-refractivity contribution in [2.75, 3.05) is 7.05 Å². The van der Waals surface area contributed by atoms with Crippen molar-refractivity contribution in [3.8, 4) is 0 Å². The summed E-state index contributed by atoms with van der Waals surface area (Å²) in [5.74, 6) is -0.789. The predicted octanol–water partition coefficient (Wildman–Crippen LogP) is 4.92. The van der Waals surface area contributed by atoms with Gasteiger partial charge in [-0.05, 0) is 62.2 Å². The zero-order valence-corrected chi connectivity index (χ0v) is 16.0. The highest BCUT2D eigenvalue weighted by Crippen LogP contribution is 2.25. The zero-order chi connectivity index (χ0) is 18.7. The second-order valence-electron chi connectivity index (χ2n) is 6.84. The molecule has 0 radical (unpaired) electrons. The first kappa shape index (κ1) is 19.2. The van der Waals surface area contributed by atoms with Gasteiger partial charge in [-0.15, -0.1) is 0 Å². The fourth-order valence-electron chi connectivity index (χ4n) is 3.50. The summed E-state index contributed by atoms with van der Waals surface area (Å²) in [6.07, 6.45) is 2.77. The monoisotopic (exact) mass is 394 g/mol. The lowest BCUT2D eigenvalue weighted by atomic mass is 10.1. The van der Waals surface area contributed by atoms with Crippen LogP contribution in [0, 0.1) is 5.82 Å². The van der Waals surface area contributed by atoms with Gasteiger partial charge in [0.05, 0.1) is 0 Å². The number of benzene rings is 2. The van der Waals surface area contributed by atoms with Gasteiger partial charge in [0.25, 0.3) is 5.91 Å². The maximum atomic E-state index is 13.4. The molecule has 2 atom stereocenters. The molecule has 0 heterocycles. The van der Waals surface area contributed by atoms with Gasteiger partial charge < -0.3 is 5.32 Å². The molecule has 0 spiro atoms. The van der Waals surface area contributed by atoms with Gasteiger partial charge in [-0.2, -0.15) is 0 Å². The Labute approximate surface area is 163 Å². The van der Waals surface area contributed by atoms with Crippen LogP contribution in [0.5, 0.6) is 0 Å². The van der Waals surface area contributed by atoms with E-state index in [1.165, 1.54) is 23.8 Å². The third kappa shape index (κ3) is 4.97. The topological polar surface area (TPSA) is 32.3 Å². The quantitative estimate of drug-likeness (QED) is 0.780. The Morgan fingerprint density at radius 3 is 2.73 bits per heavy atom. The van der Waals surface area contributed by atoms with E-state index in [1.807, 2.05) is 18.2 Å². The van der Waals surface area contributed by atoms with E-state index in [2.05, 4.69) is 23.3 Å². The molecular weight excluding hydrogens is 374 g/mol. The highest BCUT2D eigenvalue weighted by molar-refractivity contribution is 6.31. The SMILES string of the molecule is CN(Cc1cccc(Cl)c1)[C@@H]1CC[C@@H](NC(=O)c2cc(F)cc(Cl)c2)C1. The van der Waals surface area contributed by atoms with Crippen molar-refractivity contribution >= 4 is 29.1 Å². The van der Waals surface area contributed by atoms with Crippen LogP contribution in [0.1, 0.15) is 35.2 Å². The minimum Gasteiger partial charge on any atom is -0.349 e. The highest BCUT2D eigenvalue weighted by atomic mass is 35.5. The Morgan fingerprint density at radius 2 is 2.00 bits per heavy atom. The van der Waals surface area contributed by atoms with Crippen molar-refractivity contribution in [2.45, 2.75) is 37.9 Å². The van der Waals surface area contributed by atoms with Crippen LogP contribution >= 0.6 is 23.2 Å². The van der Waals surface area contributed by atoms with Gasteiger partial charge in [-0.1, -0.05) is 35.3 Å². The number of carbonyl (C=O) groups is 1. The smallest absolute Gasteiger partial charge is 0.251 e. The van der Waals surface area contributed by atoms with E-state index in [9.17, 15) is 9.18 Å². The number of carbonyl (C=O) groups excluding carboxylic acids is 1. The fourth-order valence-corrected chi connectivity index (χ4v) is 3.93. The lowest BCUT2D eigenvalue weighted by Gasteiger charge is -2.24. The van der Waals surface area contributed by atoms with Crippen LogP contribution in [0.2, 0.25) is 10.0 Å². The van der Waals surface area contributed by atoms with E-state index in [1.54, 1.807) is 0 Å². The molecule has 6 heteroatoms. The van der Waals surface area contributed by atoms with Crippen LogP contribution in [0.4, 0.5) is 4.39 Å². The normalized spacial score (nSPS) is 19.7. The summed E-state index contributed by atoms with van der Waals surface area (Å²) in [6.45, 7) is 0.811. The number of hydrogen-bond acceptors (Lipinski definition) is 2. The molecule has 1 saturated carbocycles. The summed E-state index contributed by atoms with van der Waals surface area (Å²) < 4.78 is 13.4. The first-order valence-electron chi connectivity index (χ1n) is 8.62. The average Bonchev–Trinajstić information content (AvgIpc) is 3.02. The summed E-state index contributed by atoms with van der Waals surface area (Å²) in [4.78, 5) is 14.6. The third-order valence-electron chi connectivity index (χ3n) is 4.81. The minimum absolute atomic E-state index is 0.0800. The molecule has 0 unspecified atom stereocenters. The minimum atomic E-state index is -0.506. The van der Waals surface area contributed by atoms with Crippen molar-refractivity contribution in [2.24, 2.45) is 0 Å². The van der Waals surface area contributed by atoms with E-state index >= 15 is 0 Å². The summed E-state index contributed by atoms with van der Waals surface area (Å²) in [5, 5.41) is 3.96. The number of amides is 1. The molecule has 1 N–H and O–H groups in total. The maximum absolute atomic E-state index is 13.4. The molecular formula is C20H21Cl2FN2O. The van der Waals surface area contributed by atoms with Gasteiger partial charge in [0.15, 0.2) is 0 Å². The summed E-state index contributed by atoms with van der Waals surface area (Å²) >= 11 is 11.9. The number of hydrogen-bond donors (Lipinski definition) is 1. The van der Waals surface area contributed by atoms with Gasteiger partial charge in [0.2, 0.25) is 0 Å². The molecule has 2 aromatic carbocycles. The lowest BCUT2D eigenvalue weighted by molar-refractivity contribution is 0.0935. The van der Waals surface area contributed by atoms with Gasteiger partial charge in [-0.3, -0.25) is 9.69 Å². The van der Waals surface area contributed by atoms with E-state index in [4.69, 9.17) is 23.2 Å². The van der Waals surface area contributed by atoms with Crippen molar-refractivity contribution in [1.82, 2.24) is 10.2 Å². The van der Waals surface area contributed by atoms with Crippen LogP contribution in [0.3, 0.4) is 0 Å². The van der Waals surface area contributed by atoms with E-state index in [0.717, 1.165) is 30.8 Å². The molecule has 3 nitrogen and oxygen atoms in total. The van der Waals surface area contributed by atoms with Crippen LogP contribution in [0.15, 0.2) is 42.5 Å². The molecule has 0 bridgehead atoms. The largest absolute Gasteiger partial charge is 0.349 e. The first-order valence-corrected chi connectivity index (χ1v) is 9.38.